The highest BCUT2D eigenvalue weighted by atomic mass is 19.4. The maximum absolute atomic E-state index is 12.7. The number of carbonyl (C=O) groups excluding carboxylic acids is 1. The predicted molar refractivity (Wildman–Crippen MR) is 72.3 cm³/mol. The van der Waals surface area contributed by atoms with Crippen molar-refractivity contribution >= 4 is 11.5 Å². The molecule has 0 saturated carbocycles. The molecule has 3 nitrogen and oxygen atoms in total. The minimum atomic E-state index is -4.50. The second kappa shape index (κ2) is 5.47. The molecule has 0 unspecified atom stereocenters. The normalized spacial score (nSPS) is 11.2. The van der Waals surface area contributed by atoms with E-state index in [0.717, 1.165) is 12.1 Å². The summed E-state index contributed by atoms with van der Waals surface area (Å²) < 4.78 is 43.0. The number of benzene rings is 2. The number of rotatable bonds is 3. The van der Waals surface area contributed by atoms with Crippen molar-refractivity contribution in [3.63, 3.8) is 0 Å². The summed E-state index contributed by atoms with van der Waals surface area (Å²) in [5.74, 6) is -0.183. The molecule has 2 aromatic rings. The maximum atomic E-state index is 12.7. The van der Waals surface area contributed by atoms with Gasteiger partial charge in [0.2, 0.25) is 0 Å². The van der Waals surface area contributed by atoms with Gasteiger partial charge in [0.15, 0.2) is 5.78 Å². The van der Waals surface area contributed by atoms with Gasteiger partial charge in [-0.3, -0.25) is 4.79 Å². The summed E-state index contributed by atoms with van der Waals surface area (Å²) in [5.41, 5.74) is 5.03. The summed E-state index contributed by atoms with van der Waals surface area (Å²) in [7, 11) is 1.42. The van der Waals surface area contributed by atoms with Crippen molar-refractivity contribution in [3.8, 4) is 5.75 Å². The highest BCUT2D eigenvalue weighted by Gasteiger charge is 2.31. The van der Waals surface area contributed by atoms with E-state index in [1.807, 2.05) is 0 Å². The predicted octanol–water partition coefficient (Wildman–Crippen LogP) is 3.53. The van der Waals surface area contributed by atoms with Crippen molar-refractivity contribution in [2.45, 2.75) is 6.18 Å². The molecule has 2 rings (SSSR count). The van der Waals surface area contributed by atoms with Crippen LogP contribution in [0.25, 0.3) is 0 Å². The van der Waals surface area contributed by atoms with Crippen LogP contribution in [0.15, 0.2) is 42.5 Å². The Morgan fingerprint density at radius 1 is 1.14 bits per heavy atom. The molecule has 0 aliphatic rings. The Morgan fingerprint density at radius 2 is 1.86 bits per heavy atom. The summed E-state index contributed by atoms with van der Waals surface area (Å²) in [6.45, 7) is 0. The Morgan fingerprint density at radius 3 is 2.48 bits per heavy atom. The van der Waals surface area contributed by atoms with Crippen LogP contribution < -0.4 is 10.5 Å². The molecule has 110 valence electrons. The van der Waals surface area contributed by atoms with Gasteiger partial charge in [-0.15, -0.1) is 0 Å². The SMILES string of the molecule is COc1ccc(N)c(C(=O)c2cccc(C(F)(F)F)c2)c1. The van der Waals surface area contributed by atoms with Crippen LogP contribution in [0.3, 0.4) is 0 Å². The lowest BCUT2D eigenvalue weighted by atomic mass is 9.99. The average Bonchev–Trinajstić information content (AvgIpc) is 2.46. The Kier molecular flexibility index (Phi) is 3.88. The first kappa shape index (κ1) is 14.9. The van der Waals surface area contributed by atoms with Gasteiger partial charge < -0.3 is 10.5 Å². The summed E-state index contributed by atoms with van der Waals surface area (Å²) in [4.78, 5) is 12.3. The number of nitrogen functional groups attached to an aromatic ring is 1. The summed E-state index contributed by atoms with van der Waals surface area (Å²) in [5, 5.41) is 0. The first-order valence-electron chi connectivity index (χ1n) is 5.98. The van der Waals surface area contributed by atoms with Crippen molar-refractivity contribution < 1.29 is 22.7 Å². The first-order chi connectivity index (χ1) is 9.82. The van der Waals surface area contributed by atoms with Crippen LogP contribution in [0.2, 0.25) is 0 Å². The fourth-order valence-electron chi connectivity index (χ4n) is 1.85. The van der Waals surface area contributed by atoms with Gasteiger partial charge in [0.1, 0.15) is 5.75 Å². The third-order valence-corrected chi connectivity index (χ3v) is 2.96. The van der Waals surface area contributed by atoms with E-state index in [9.17, 15) is 18.0 Å². The summed E-state index contributed by atoms with van der Waals surface area (Å²) in [6.07, 6.45) is -4.50. The molecule has 0 aliphatic carbocycles. The standard InChI is InChI=1S/C15H12F3NO2/c1-21-11-5-6-13(19)12(8-11)14(20)9-3-2-4-10(7-9)15(16,17)18/h2-8H,19H2,1H3. The molecule has 0 aromatic heterocycles. The quantitative estimate of drug-likeness (QED) is 0.696. The molecule has 0 heterocycles. The molecule has 0 radical (unpaired) electrons. The zero-order valence-corrected chi connectivity index (χ0v) is 11.1. The molecular formula is C15H12F3NO2. The molecule has 0 bridgehead atoms. The molecule has 2 N–H and O–H groups in total. The topological polar surface area (TPSA) is 52.3 Å². The average molecular weight is 295 g/mol. The molecule has 6 heteroatoms. The van der Waals surface area contributed by atoms with Crippen LogP contribution in [0.4, 0.5) is 18.9 Å². The number of carbonyl (C=O) groups is 1. The van der Waals surface area contributed by atoms with Gasteiger partial charge in [0, 0.05) is 16.8 Å². The lowest BCUT2D eigenvalue weighted by Crippen LogP contribution is -2.09. The van der Waals surface area contributed by atoms with Gasteiger partial charge in [-0.2, -0.15) is 13.2 Å². The van der Waals surface area contributed by atoms with E-state index in [-0.39, 0.29) is 16.8 Å². The van der Waals surface area contributed by atoms with Crippen LogP contribution in [0, 0.1) is 0 Å². The monoisotopic (exact) mass is 295 g/mol. The van der Waals surface area contributed by atoms with E-state index < -0.39 is 17.5 Å². The molecule has 21 heavy (non-hydrogen) atoms. The molecule has 2 aromatic carbocycles. The van der Waals surface area contributed by atoms with Crippen molar-refractivity contribution in [2.24, 2.45) is 0 Å². The molecule has 0 fully saturated rings. The van der Waals surface area contributed by atoms with Crippen LogP contribution in [0.5, 0.6) is 5.75 Å². The van der Waals surface area contributed by atoms with Gasteiger partial charge in [-0.25, -0.2) is 0 Å². The van der Waals surface area contributed by atoms with Crippen molar-refractivity contribution in [1.82, 2.24) is 0 Å². The Bertz CT molecular complexity index is 681. The van der Waals surface area contributed by atoms with Gasteiger partial charge >= 0.3 is 6.18 Å². The number of alkyl halides is 3. The minimum Gasteiger partial charge on any atom is -0.497 e. The lowest BCUT2D eigenvalue weighted by Gasteiger charge is -2.10. The van der Waals surface area contributed by atoms with E-state index in [1.54, 1.807) is 6.07 Å². The Hall–Kier alpha value is -2.50. The number of ether oxygens (including phenoxy) is 1. The Labute approximate surface area is 119 Å². The number of ketones is 1. The van der Waals surface area contributed by atoms with Crippen LogP contribution >= 0.6 is 0 Å². The third kappa shape index (κ3) is 3.16. The minimum absolute atomic E-state index is 0.0789. The number of nitrogens with two attached hydrogens (primary N) is 1. The number of anilines is 1. The van der Waals surface area contributed by atoms with Gasteiger partial charge in [0.25, 0.3) is 0 Å². The number of hydrogen-bond acceptors (Lipinski definition) is 3. The second-order valence-electron chi connectivity index (χ2n) is 4.36. The molecule has 0 amide bonds. The van der Waals surface area contributed by atoms with E-state index >= 15 is 0 Å². The summed E-state index contributed by atoms with van der Waals surface area (Å²) >= 11 is 0. The zero-order valence-electron chi connectivity index (χ0n) is 11.1. The van der Waals surface area contributed by atoms with E-state index in [2.05, 4.69) is 0 Å². The zero-order chi connectivity index (χ0) is 15.6. The maximum Gasteiger partial charge on any atom is 0.416 e. The fourth-order valence-corrected chi connectivity index (χ4v) is 1.85. The van der Waals surface area contributed by atoms with Gasteiger partial charge in [-0.05, 0) is 30.3 Å². The van der Waals surface area contributed by atoms with Gasteiger partial charge in [0.05, 0.1) is 12.7 Å². The second-order valence-corrected chi connectivity index (χ2v) is 4.36. The summed E-state index contributed by atoms with van der Waals surface area (Å²) in [6, 6.07) is 8.66. The number of halogens is 3. The number of methoxy groups -OCH3 is 1. The van der Waals surface area contributed by atoms with Crippen LogP contribution in [-0.4, -0.2) is 12.9 Å². The van der Waals surface area contributed by atoms with Gasteiger partial charge in [-0.1, -0.05) is 12.1 Å². The van der Waals surface area contributed by atoms with E-state index in [1.165, 1.54) is 31.4 Å². The fraction of sp³-hybridized carbons (Fsp3) is 0.133. The van der Waals surface area contributed by atoms with Crippen molar-refractivity contribution in [1.29, 1.82) is 0 Å². The molecule has 0 atom stereocenters. The molecule has 0 spiro atoms. The molecular weight excluding hydrogens is 283 g/mol. The smallest absolute Gasteiger partial charge is 0.416 e. The van der Waals surface area contributed by atoms with Crippen molar-refractivity contribution in [3.05, 3.63) is 59.2 Å². The van der Waals surface area contributed by atoms with Crippen LogP contribution in [-0.2, 0) is 6.18 Å². The third-order valence-electron chi connectivity index (χ3n) is 2.96. The molecule has 0 saturated heterocycles. The van der Waals surface area contributed by atoms with Crippen molar-refractivity contribution in [2.75, 3.05) is 12.8 Å². The number of hydrogen-bond donors (Lipinski definition) is 1. The molecule has 0 aliphatic heterocycles. The van der Waals surface area contributed by atoms with E-state index in [0.29, 0.717) is 5.75 Å². The van der Waals surface area contributed by atoms with E-state index in [4.69, 9.17) is 10.5 Å². The van der Waals surface area contributed by atoms with Crippen LogP contribution in [0.1, 0.15) is 21.5 Å². The lowest BCUT2D eigenvalue weighted by molar-refractivity contribution is -0.137. The highest BCUT2D eigenvalue weighted by molar-refractivity contribution is 6.12. The largest absolute Gasteiger partial charge is 0.497 e. The highest BCUT2D eigenvalue weighted by Crippen LogP contribution is 2.30. The Balaban J connectivity index is 2.45. The first-order valence-corrected chi connectivity index (χ1v) is 5.98.